The molecule has 4 heteroatoms. The predicted molar refractivity (Wildman–Crippen MR) is 54.6 cm³/mol. The molecule has 0 bridgehead atoms. The number of hydrogen-bond donors (Lipinski definition) is 2. The Kier molecular flexibility index (Phi) is 3.17. The van der Waals surface area contributed by atoms with Crippen LogP contribution < -0.4 is 5.73 Å². The smallest absolute Gasteiger partial charge is 0.241 e. The fraction of sp³-hybridized carbons (Fsp3) is 0.900. The number of nitrogens with zero attached hydrogens (tertiary/aromatic N) is 1. The van der Waals surface area contributed by atoms with E-state index in [0.717, 1.165) is 0 Å². The molecule has 0 aromatic rings. The lowest BCUT2D eigenvalue weighted by atomic mass is 9.89. The summed E-state index contributed by atoms with van der Waals surface area (Å²) in [5.41, 5.74) is 5.54. The third kappa shape index (κ3) is 2.96. The van der Waals surface area contributed by atoms with E-state index in [1.165, 1.54) is 0 Å². The van der Waals surface area contributed by atoms with Crippen LogP contribution in [0, 0.1) is 5.41 Å². The summed E-state index contributed by atoms with van der Waals surface area (Å²) in [6.45, 7) is 7.21. The zero-order valence-electron chi connectivity index (χ0n) is 9.16. The fourth-order valence-corrected chi connectivity index (χ4v) is 1.72. The summed E-state index contributed by atoms with van der Waals surface area (Å²) in [6, 6.07) is -0.336. The van der Waals surface area contributed by atoms with E-state index in [9.17, 15) is 9.90 Å². The Bertz CT molecular complexity index is 223. The Labute approximate surface area is 85.1 Å². The van der Waals surface area contributed by atoms with Crippen molar-refractivity contribution >= 4 is 5.91 Å². The molecule has 82 valence electrons. The van der Waals surface area contributed by atoms with Crippen LogP contribution in [0.5, 0.6) is 0 Å². The van der Waals surface area contributed by atoms with Gasteiger partial charge in [-0.1, -0.05) is 20.8 Å². The number of β-amino-alcohol motifs (C(OH)–C–C–N with tert-alkyl or cyclic N) is 1. The molecule has 0 aliphatic carbocycles. The highest BCUT2D eigenvalue weighted by Gasteiger charge is 2.34. The van der Waals surface area contributed by atoms with Gasteiger partial charge in [0.1, 0.15) is 6.04 Å². The number of carbonyl (C=O) groups is 1. The van der Waals surface area contributed by atoms with Crippen LogP contribution in [0.15, 0.2) is 0 Å². The van der Waals surface area contributed by atoms with Crippen molar-refractivity contribution in [3.8, 4) is 0 Å². The van der Waals surface area contributed by atoms with Gasteiger partial charge in [0.15, 0.2) is 0 Å². The first-order valence-corrected chi connectivity index (χ1v) is 5.02. The lowest BCUT2D eigenvalue weighted by molar-refractivity contribution is -0.144. The third-order valence-electron chi connectivity index (χ3n) is 2.33. The van der Waals surface area contributed by atoms with Crippen LogP contribution in [0.2, 0.25) is 0 Å². The van der Waals surface area contributed by atoms with Gasteiger partial charge in [0.2, 0.25) is 5.91 Å². The maximum Gasteiger partial charge on any atom is 0.241 e. The van der Waals surface area contributed by atoms with Crippen LogP contribution in [0.4, 0.5) is 0 Å². The summed E-state index contributed by atoms with van der Waals surface area (Å²) in [5, 5.41) is 9.69. The van der Waals surface area contributed by atoms with Gasteiger partial charge < -0.3 is 15.7 Å². The van der Waals surface area contributed by atoms with Gasteiger partial charge in [-0.2, -0.15) is 0 Å². The van der Waals surface area contributed by atoms with Crippen LogP contribution in [0.1, 0.15) is 27.2 Å². The minimum absolute atomic E-state index is 0.0436. The van der Waals surface area contributed by atoms with Crippen LogP contribution in [-0.2, 0) is 4.79 Å². The number of amides is 1. The summed E-state index contributed by atoms with van der Waals surface area (Å²) >= 11 is 0. The molecule has 0 radical (unpaired) electrons. The number of aliphatic hydroxyl groups is 1. The van der Waals surface area contributed by atoms with Gasteiger partial charge in [-0.15, -0.1) is 0 Å². The van der Waals surface area contributed by atoms with Gasteiger partial charge in [0, 0.05) is 13.1 Å². The standard InChI is InChI=1S/C10H20N2O2/c1-10(2,3)4-7(13)5-12-6-8(11)9(12)14/h7-8,13H,4-6,11H2,1-3H3. The lowest BCUT2D eigenvalue weighted by Crippen LogP contribution is -2.62. The van der Waals surface area contributed by atoms with E-state index in [2.05, 4.69) is 20.8 Å². The summed E-state index contributed by atoms with van der Waals surface area (Å²) in [5.74, 6) is -0.0436. The molecule has 14 heavy (non-hydrogen) atoms. The van der Waals surface area contributed by atoms with Crippen LogP contribution in [0.25, 0.3) is 0 Å². The molecule has 0 aromatic heterocycles. The van der Waals surface area contributed by atoms with E-state index in [0.29, 0.717) is 19.5 Å². The number of hydrogen-bond acceptors (Lipinski definition) is 3. The van der Waals surface area contributed by atoms with Crippen molar-refractivity contribution in [3.05, 3.63) is 0 Å². The van der Waals surface area contributed by atoms with E-state index in [-0.39, 0.29) is 17.4 Å². The molecule has 4 nitrogen and oxygen atoms in total. The summed E-state index contributed by atoms with van der Waals surface area (Å²) in [7, 11) is 0. The normalized spacial score (nSPS) is 24.8. The van der Waals surface area contributed by atoms with Gasteiger partial charge in [0.25, 0.3) is 0 Å². The summed E-state index contributed by atoms with van der Waals surface area (Å²) in [4.78, 5) is 12.8. The number of carbonyl (C=O) groups excluding carboxylic acids is 1. The molecule has 1 heterocycles. The zero-order chi connectivity index (χ0) is 10.9. The monoisotopic (exact) mass is 200 g/mol. The van der Waals surface area contributed by atoms with Crippen LogP contribution in [-0.4, -0.2) is 41.1 Å². The van der Waals surface area contributed by atoms with Crippen LogP contribution >= 0.6 is 0 Å². The van der Waals surface area contributed by atoms with Gasteiger partial charge in [0.05, 0.1) is 6.10 Å². The Morgan fingerprint density at radius 2 is 2.21 bits per heavy atom. The van der Waals surface area contributed by atoms with Crippen molar-refractivity contribution in [2.75, 3.05) is 13.1 Å². The van der Waals surface area contributed by atoms with Crippen molar-refractivity contribution in [1.82, 2.24) is 4.90 Å². The van der Waals surface area contributed by atoms with Crippen molar-refractivity contribution in [2.24, 2.45) is 11.1 Å². The average Bonchev–Trinajstić information content (AvgIpc) is 2.00. The number of aliphatic hydroxyl groups excluding tert-OH is 1. The number of nitrogens with two attached hydrogens (primary N) is 1. The molecule has 0 aromatic carbocycles. The highest BCUT2D eigenvalue weighted by Crippen LogP contribution is 2.22. The highest BCUT2D eigenvalue weighted by molar-refractivity contribution is 5.87. The zero-order valence-corrected chi connectivity index (χ0v) is 9.16. The quantitative estimate of drug-likeness (QED) is 0.628. The fourth-order valence-electron chi connectivity index (χ4n) is 1.72. The highest BCUT2D eigenvalue weighted by atomic mass is 16.3. The molecular weight excluding hydrogens is 180 g/mol. The molecule has 1 amide bonds. The third-order valence-corrected chi connectivity index (χ3v) is 2.33. The second kappa shape index (κ2) is 3.87. The molecule has 1 saturated heterocycles. The lowest BCUT2D eigenvalue weighted by Gasteiger charge is -2.38. The van der Waals surface area contributed by atoms with E-state index >= 15 is 0 Å². The molecule has 1 fully saturated rings. The number of likely N-dealkylation sites (tertiary alicyclic amines) is 1. The molecule has 0 saturated carbocycles. The Balaban J connectivity index is 2.28. The summed E-state index contributed by atoms with van der Waals surface area (Å²) < 4.78 is 0. The predicted octanol–water partition coefficient (Wildman–Crippen LogP) is -0.0470. The second-order valence-electron chi connectivity index (χ2n) is 5.27. The Morgan fingerprint density at radius 3 is 2.57 bits per heavy atom. The van der Waals surface area contributed by atoms with E-state index in [4.69, 9.17) is 5.73 Å². The van der Waals surface area contributed by atoms with Gasteiger partial charge in [-0.25, -0.2) is 0 Å². The molecule has 1 aliphatic heterocycles. The van der Waals surface area contributed by atoms with Crippen molar-refractivity contribution in [3.63, 3.8) is 0 Å². The Hall–Kier alpha value is -0.610. The molecule has 2 unspecified atom stereocenters. The van der Waals surface area contributed by atoms with Crippen molar-refractivity contribution < 1.29 is 9.90 Å². The number of rotatable bonds is 3. The van der Waals surface area contributed by atoms with Gasteiger partial charge in [-0.05, 0) is 11.8 Å². The van der Waals surface area contributed by atoms with E-state index < -0.39 is 6.10 Å². The molecular formula is C10H20N2O2. The minimum atomic E-state index is -0.438. The first-order chi connectivity index (χ1) is 6.29. The molecule has 2 atom stereocenters. The molecule has 1 rings (SSSR count). The minimum Gasteiger partial charge on any atom is -0.391 e. The second-order valence-corrected chi connectivity index (χ2v) is 5.27. The van der Waals surface area contributed by atoms with Crippen LogP contribution in [0.3, 0.4) is 0 Å². The van der Waals surface area contributed by atoms with E-state index in [1.807, 2.05) is 0 Å². The van der Waals surface area contributed by atoms with Gasteiger partial charge >= 0.3 is 0 Å². The SMILES string of the molecule is CC(C)(C)CC(O)CN1CC(N)C1=O. The van der Waals surface area contributed by atoms with Gasteiger partial charge in [-0.3, -0.25) is 4.79 Å². The van der Waals surface area contributed by atoms with Crippen molar-refractivity contribution in [1.29, 1.82) is 0 Å². The average molecular weight is 200 g/mol. The maximum atomic E-state index is 11.2. The van der Waals surface area contributed by atoms with E-state index in [1.54, 1.807) is 4.90 Å². The molecule has 0 spiro atoms. The summed E-state index contributed by atoms with van der Waals surface area (Å²) in [6.07, 6.45) is 0.262. The molecule has 3 N–H and O–H groups in total. The maximum absolute atomic E-state index is 11.2. The number of β-lactam (4-membered cyclic amide) rings is 1. The largest absolute Gasteiger partial charge is 0.391 e. The van der Waals surface area contributed by atoms with Crippen molar-refractivity contribution in [2.45, 2.75) is 39.3 Å². The first kappa shape index (κ1) is 11.5. The molecule has 1 aliphatic rings. The topological polar surface area (TPSA) is 66.6 Å². The Morgan fingerprint density at radius 1 is 1.64 bits per heavy atom. The first-order valence-electron chi connectivity index (χ1n) is 5.02.